The summed E-state index contributed by atoms with van der Waals surface area (Å²) in [4.78, 5) is 23.4. The molecule has 5 heteroatoms. The van der Waals surface area contributed by atoms with Crippen molar-refractivity contribution in [3.8, 4) is 0 Å². The number of benzene rings is 1. The molecule has 1 aromatic rings. The fraction of sp³-hybridized carbons (Fsp3) is 0.500. The molecule has 0 saturated heterocycles. The van der Waals surface area contributed by atoms with Gasteiger partial charge in [-0.2, -0.15) is 0 Å². The van der Waals surface area contributed by atoms with Gasteiger partial charge in [0.15, 0.2) is 0 Å². The summed E-state index contributed by atoms with van der Waals surface area (Å²) in [5.74, 6) is 1.14. The topological polar surface area (TPSA) is 67.4 Å². The molecule has 2 N–H and O–H groups in total. The normalized spacial score (nSPS) is 16.9. The second kappa shape index (κ2) is 8.19. The summed E-state index contributed by atoms with van der Waals surface area (Å²) in [6, 6.07) is 7.99. The van der Waals surface area contributed by atoms with Crippen LogP contribution in [0.4, 0.5) is 5.69 Å². The van der Waals surface area contributed by atoms with Gasteiger partial charge in [-0.1, -0.05) is 12.1 Å². The van der Waals surface area contributed by atoms with Gasteiger partial charge in [0.25, 0.3) is 0 Å². The van der Waals surface area contributed by atoms with Gasteiger partial charge in [-0.05, 0) is 68.2 Å². The number of carbonyl (C=O) groups excluding carboxylic acids is 2. The lowest BCUT2D eigenvalue weighted by Gasteiger charge is -2.18. The maximum Gasteiger partial charge on any atom is 0.330 e. The monoisotopic (exact) mass is 342 g/mol. The van der Waals surface area contributed by atoms with E-state index in [0.717, 1.165) is 11.3 Å². The number of amides is 1. The number of hydrogen-bond donors (Lipinski definition) is 2. The molecule has 0 aliphatic heterocycles. The number of ether oxygens (including phenoxy) is 1. The molecule has 0 heterocycles. The fourth-order valence-electron chi connectivity index (χ4n) is 3.02. The maximum absolute atomic E-state index is 12.2. The first-order chi connectivity index (χ1) is 12.2. The zero-order valence-corrected chi connectivity index (χ0v) is 14.7. The standard InChI is InChI=1S/C20H26N2O3/c1-2-25-19(24)12-5-14-3-10-17(11-4-14)21-13-18(23)22-20(15-6-7-15)16-8-9-16/h3-5,10-12,15-16,20-21H,2,6-9,13H2,1H3,(H,22,23)/b12-5+. The number of nitrogens with one attached hydrogen (secondary N) is 2. The zero-order valence-electron chi connectivity index (χ0n) is 14.7. The third-order valence-electron chi connectivity index (χ3n) is 4.65. The average molecular weight is 342 g/mol. The van der Waals surface area contributed by atoms with Crippen LogP contribution in [-0.4, -0.2) is 31.1 Å². The molecule has 2 fully saturated rings. The molecule has 0 atom stereocenters. The third kappa shape index (κ3) is 5.62. The Labute approximate surface area is 148 Å². The lowest BCUT2D eigenvalue weighted by Crippen LogP contribution is -2.41. The molecule has 134 valence electrons. The number of rotatable bonds is 9. The Kier molecular flexibility index (Phi) is 5.74. The first-order valence-corrected chi connectivity index (χ1v) is 9.14. The Morgan fingerprint density at radius 3 is 2.36 bits per heavy atom. The first-order valence-electron chi connectivity index (χ1n) is 9.14. The van der Waals surface area contributed by atoms with E-state index in [1.54, 1.807) is 13.0 Å². The van der Waals surface area contributed by atoms with Crippen molar-refractivity contribution in [1.82, 2.24) is 5.32 Å². The van der Waals surface area contributed by atoms with Crippen molar-refractivity contribution in [2.75, 3.05) is 18.5 Å². The van der Waals surface area contributed by atoms with Crippen molar-refractivity contribution in [1.29, 1.82) is 0 Å². The number of esters is 1. The van der Waals surface area contributed by atoms with Crippen LogP contribution in [0.3, 0.4) is 0 Å². The van der Waals surface area contributed by atoms with Crippen LogP contribution in [0.15, 0.2) is 30.3 Å². The second-order valence-electron chi connectivity index (χ2n) is 6.83. The van der Waals surface area contributed by atoms with Gasteiger partial charge >= 0.3 is 5.97 Å². The van der Waals surface area contributed by atoms with Crippen LogP contribution in [0.1, 0.15) is 38.2 Å². The molecule has 0 bridgehead atoms. The van der Waals surface area contributed by atoms with Crippen LogP contribution in [0.2, 0.25) is 0 Å². The Balaban J connectivity index is 1.43. The first kappa shape index (κ1) is 17.5. The van der Waals surface area contributed by atoms with Crippen LogP contribution >= 0.6 is 0 Å². The molecule has 0 spiro atoms. The molecule has 1 aromatic carbocycles. The third-order valence-corrected chi connectivity index (χ3v) is 4.65. The smallest absolute Gasteiger partial charge is 0.330 e. The minimum atomic E-state index is -0.345. The van der Waals surface area contributed by atoms with E-state index >= 15 is 0 Å². The molecule has 0 aromatic heterocycles. The van der Waals surface area contributed by atoms with E-state index in [4.69, 9.17) is 4.74 Å². The molecule has 0 radical (unpaired) electrons. The van der Waals surface area contributed by atoms with Gasteiger partial charge < -0.3 is 15.4 Å². The molecule has 0 unspecified atom stereocenters. The van der Waals surface area contributed by atoms with Crippen LogP contribution in [-0.2, 0) is 14.3 Å². The Hall–Kier alpha value is -2.30. The van der Waals surface area contributed by atoms with Crippen LogP contribution in [0, 0.1) is 11.8 Å². The summed E-state index contributed by atoms with van der Waals surface area (Å²) in [5.41, 5.74) is 1.79. The Morgan fingerprint density at radius 1 is 1.16 bits per heavy atom. The predicted molar refractivity (Wildman–Crippen MR) is 98.0 cm³/mol. The van der Waals surface area contributed by atoms with Gasteiger partial charge in [-0.3, -0.25) is 4.79 Å². The van der Waals surface area contributed by atoms with Crippen LogP contribution in [0.25, 0.3) is 6.08 Å². The van der Waals surface area contributed by atoms with E-state index in [2.05, 4.69) is 10.6 Å². The molecule has 5 nitrogen and oxygen atoms in total. The van der Waals surface area contributed by atoms with E-state index in [1.807, 2.05) is 24.3 Å². The summed E-state index contributed by atoms with van der Waals surface area (Å²) in [5, 5.41) is 6.36. The summed E-state index contributed by atoms with van der Waals surface area (Å²) in [6.45, 7) is 2.43. The van der Waals surface area contributed by atoms with Gasteiger partial charge in [0, 0.05) is 17.8 Å². The molecule has 2 saturated carbocycles. The number of anilines is 1. The minimum absolute atomic E-state index is 0.0649. The van der Waals surface area contributed by atoms with E-state index in [-0.39, 0.29) is 18.4 Å². The summed E-state index contributed by atoms with van der Waals surface area (Å²) in [6.07, 6.45) is 8.16. The Bertz CT molecular complexity index is 619. The van der Waals surface area contributed by atoms with Gasteiger partial charge in [-0.15, -0.1) is 0 Å². The van der Waals surface area contributed by atoms with Gasteiger partial charge in [0.2, 0.25) is 5.91 Å². The lowest BCUT2D eigenvalue weighted by atomic mass is 10.1. The van der Waals surface area contributed by atoms with Crippen molar-refractivity contribution in [2.45, 2.75) is 38.6 Å². The van der Waals surface area contributed by atoms with Crippen molar-refractivity contribution >= 4 is 23.6 Å². The SMILES string of the molecule is CCOC(=O)/C=C/c1ccc(NCC(=O)NC(C2CC2)C2CC2)cc1. The van der Waals surface area contributed by atoms with Crippen LogP contribution < -0.4 is 10.6 Å². The summed E-state index contributed by atoms with van der Waals surface area (Å²) in [7, 11) is 0. The average Bonchev–Trinajstić information content (AvgIpc) is 3.49. The highest BCUT2D eigenvalue weighted by Crippen LogP contribution is 2.44. The molecular formula is C20H26N2O3. The molecule has 2 aliphatic carbocycles. The minimum Gasteiger partial charge on any atom is -0.463 e. The quantitative estimate of drug-likeness (QED) is 0.535. The van der Waals surface area contributed by atoms with Gasteiger partial charge in [0.05, 0.1) is 13.2 Å². The molecule has 25 heavy (non-hydrogen) atoms. The number of hydrogen-bond acceptors (Lipinski definition) is 4. The van der Waals surface area contributed by atoms with Crippen molar-refractivity contribution in [3.05, 3.63) is 35.9 Å². The predicted octanol–water partition coefficient (Wildman–Crippen LogP) is 2.98. The van der Waals surface area contributed by atoms with E-state index in [9.17, 15) is 9.59 Å². The van der Waals surface area contributed by atoms with E-state index in [1.165, 1.54) is 31.8 Å². The van der Waals surface area contributed by atoms with Crippen molar-refractivity contribution < 1.29 is 14.3 Å². The van der Waals surface area contributed by atoms with Crippen molar-refractivity contribution in [3.63, 3.8) is 0 Å². The maximum atomic E-state index is 12.2. The highest BCUT2D eigenvalue weighted by molar-refractivity contribution is 5.87. The second-order valence-corrected chi connectivity index (χ2v) is 6.83. The Morgan fingerprint density at radius 2 is 1.80 bits per heavy atom. The molecular weight excluding hydrogens is 316 g/mol. The highest BCUT2D eigenvalue weighted by Gasteiger charge is 2.42. The number of carbonyl (C=O) groups is 2. The van der Waals surface area contributed by atoms with E-state index < -0.39 is 0 Å². The molecule has 2 aliphatic rings. The van der Waals surface area contributed by atoms with Gasteiger partial charge in [-0.25, -0.2) is 4.79 Å². The van der Waals surface area contributed by atoms with Crippen LogP contribution in [0.5, 0.6) is 0 Å². The molecule has 1 amide bonds. The fourth-order valence-corrected chi connectivity index (χ4v) is 3.02. The zero-order chi connectivity index (χ0) is 17.6. The summed E-state index contributed by atoms with van der Waals surface area (Å²) < 4.78 is 4.84. The highest BCUT2D eigenvalue weighted by atomic mass is 16.5. The van der Waals surface area contributed by atoms with E-state index in [0.29, 0.717) is 24.5 Å². The molecule has 3 rings (SSSR count). The summed E-state index contributed by atoms with van der Waals surface area (Å²) >= 11 is 0. The van der Waals surface area contributed by atoms with Gasteiger partial charge in [0.1, 0.15) is 0 Å². The largest absolute Gasteiger partial charge is 0.463 e. The van der Waals surface area contributed by atoms with Crippen molar-refractivity contribution in [2.24, 2.45) is 11.8 Å². The lowest BCUT2D eigenvalue weighted by molar-refractivity contribution is -0.137.